The van der Waals surface area contributed by atoms with Crippen LogP contribution in [0.4, 0.5) is 0 Å². The van der Waals surface area contributed by atoms with Gasteiger partial charge in [0.15, 0.2) is 5.03 Å². The zero-order valence-electron chi connectivity index (χ0n) is 8.65. The van der Waals surface area contributed by atoms with Gasteiger partial charge in [0.05, 0.1) is 18.6 Å². The number of imidazole rings is 1. The molecule has 1 aliphatic heterocycles. The highest BCUT2D eigenvalue weighted by molar-refractivity contribution is 7.89. The average Bonchev–Trinajstić information content (AvgIpc) is 2.84. The Kier molecular flexibility index (Phi) is 2.89. The fourth-order valence-electron chi connectivity index (χ4n) is 1.78. The van der Waals surface area contributed by atoms with Gasteiger partial charge in [0.1, 0.15) is 6.04 Å². The van der Waals surface area contributed by atoms with E-state index in [1.54, 1.807) is 0 Å². The molecule has 8 nitrogen and oxygen atoms in total. The molecule has 1 fully saturated rings. The van der Waals surface area contributed by atoms with Crippen molar-refractivity contribution in [2.45, 2.75) is 23.6 Å². The van der Waals surface area contributed by atoms with Crippen LogP contribution in [0, 0.1) is 0 Å². The maximum Gasteiger partial charge on any atom is 0.322 e. The molecule has 17 heavy (non-hydrogen) atoms. The molecule has 0 aliphatic carbocycles. The quantitative estimate of drug-likeness (QED) is 0.616. The molecule has 9 heteroatoms. The third kappa shape index (κ3) is 2.04. The molecule has 0 bridgehead atoms. The molecule has 0 amide bonds. The lowest BCUT2D eigenvalue weighted by Gasteiger charge is -2.19. The summed E-state index contributed by atoms with van der Waals surface area (Å²) in [5.41, 5.74) is 0. The number of carboxylic acids is 1. The second-order valence-corrected chi connectivity index (χ2v) is 5.59. The molecule has 2 atom stereocenters. The molecule has 1 aromatic rings. The Balaban J connectivity index is 2.36. The maximum absolute atomic E-state index is 12.0. The van der Waals surface area contributed by atoms with Gasteiger partial charge < -0.3 is 15.2 Å². The number of carboxylic acid groups (broad SMARTS) is 1. The van der Waals surface area contributed by atoms with Gasteiger partial charge in [0, 0.05) is 13.0 Å². The molecule has 1 saturated heterocycles. The third-order valence-electron chi connectivity index (χ3n) is 2.58. The van der Waals surface area contributed by atoms with Crippen molar-refractivity contribution in [1.29, 1.82) is 0 Å². The molecule has 0 radical (unpaired) electrons. The average molecular weight is 261 g/mol. The van der Waals surface area contributed by atoms with Crippen LogP contribution >= 0.6 is 0 Å². The summed E-state index contributed by atoms with van der Waals surface area (Å²) in [4.78, 5) is 16.9. The van der Waals surface area contributed by atoms with E-state index in [0.717, 1.165) is 10.5 Å². The molecular formula is C8H11N3O5S. The first-order valence-corrected chi connectivity index (χ1v) is 6.28. The van der Waals surface area contributed by atoms with Crippen LogP contribution < -0.4 is 0 Å². The second-order valence-electron chi connectivity index (χ2n) is 3.73. The number of aliphatic hydroxyl groups is 1. The van der Waals surface area contributed by atoms with Gasteiger partial charge in [0.2, 0.25) is 0 Å². The fourth-order valence-corrected chi connectivity index (χ4v) is 3.31. The second kappa shape index (κ2) is 4.09. The Labute approximate surface area is 96.9 Å². The normalized spacial score (nSPS) is 26.2. The number of β-amino-alcohol motifs (C(OH)–C–C–N with tert-alkyl or cyclic N) is 1. The summed E-state index contributed by atoms with van der Waals surface area (Å²) in [5.74, 6) is -1.27. The van der Waals surface area contributed by atoms with Crippen molar-refractivity contribution in [2.75, 3.05) is 6.54 Å². The minimum absolute atomic E-state index is 0.108. The molecule has 0 saturated carbocycles. The van der Waals surface area contributed by atoms with E-state index in [1.807, 2.05) is 0 Å². The number of nitrogens with zero attached hydrogens (tertiary/aromatic N) is 2. The molecule has 2 rings (SSSR count). The van der Waals surface area contributed by atoms with Crippen molar-refractivity contribution in [1.82, 2.24) is 14.3 Å². The number of nitrogens with one attached hydrogen (secondary N) is 1. The SMILES string of the molecule is O=C(O)[C@@H]1C[C@H](O)CN1S(=O)(=O)c1cnc[nH]1. The van der Waals surface area contributed by atoms with Crippen LogP contribution in [0.5, 0.6) is 0 Å². The van der Waals surface area contributed by atoms with E-state index in [4.69, 9.17) is 5.11 Å². The van der Waals surface area contributed by atoms with E-state index in [9.17, 15) is 18.3 Å². The highest BCUT2D eigenvalue weighted by Gasteiger charge is 2.44. The fraction of sp³-hybridized carbons (Fsp3) is 0.500. The van der Waals surface area contributed by atoms with Crippen molar-refractivity contribution < 1.29 is 23.4 Å². The summed E-state index contributed by atoms with van der Waals surface area (Å²) in [6.45, 7) is -0.224. The van der Waals surface area contributed by atoms with E-state index in [-0.39, 0.29) is 18.0 Å². The van der Waals surface area contributed by atoms with Gasteiger partial charge in [0.25, 0.3) is 10.0 Å². The summed E-state index contributed by atoms with van der Waals surface area (Å²) in [5, 5.41) is 18.1. The van der Waals surface area contributed by atoms with Crippen molar-refractivity contribution in [3.8, 4) is 0 Å². The van der Waals surface area contributed by atoms with Gasteiger partial charge in [-0.3, -0.25) is 4.79 Å². The Morgan fingerprint density at radius 3 is 2.82 bits per heavy atom. The molecule has 94 valence electrons. The lowest BCUT2D eigenvalue weighted by atomic mass is 10.2. The van der Waals surface area contributed by atoms with E-state index < -0.39 is 28.1 Å². The zero-order chi connectivity index (χ0) is 12.6. The predicted octanol–water partition coefficient (Wildman–Crippen LogP) is -1.38. The summed E-state index contributed by atoms with van der Waals surface area (Å²) in [6.07, 6.45) is 1.21. The number of hydrogen-bond donors (Lipinski definition) is 3. The van der Waals surface area contributed by atoms with E-state index >= 15 is 0 Å². The first-order valence-electron chi connectivity index (χ1n) is 4.84. The number of aromatic nitrogens is 2. The van der Waals surface area contributed by atoms with Crippen LogP contribution in [0.25, 0.3) is 0 Å². The van der Waals surface area contributed by atoms with Crippen molar-refractivity contribution in [3.63, 3.8) is 0 Å². The van der Waals surface area contributed by atoms with Gasteiger partial charge in [-0.15, -0.1) is 0 Å². The molecule has 1 aromatic heterocycles. The van der Waals surface area contributed by atoms with Crippen LogP contribution in [0.3, 0.4) is 0 Å². The van der Waals surface area contributed by atoms with Gasteiger partial charge >= 0.3 is 5.97 Å². The highest BCUT2D eigenvalue weighted by Crippen LogP contribution is 2.25. The molecule has 0 spiro atoms. The Morgan fingerprint density at radius 1 is 1.59 bits per heavy atom. The molecule has 2 heterocycles. The van der Waals surface area contributed by atoms with Crippen LogP contribution in [-0.2, 0) is 14.8 Å². The predicted molar refractivity (Wildman–Crippen MR) is 54.5 cm³/mol. The number of rotatable bonds is 3. The largest absolute Gasteiger partial charge is 0.480 e. The minimum Gasteiger partial charge on any atom is -0.480 e. The van der Waals surface area contributed by atoms with Gasteiger partial charge in [-0.05, 0) is 0 Å². The number of aromatic amines is 1. The maximum atomic E-state index is 12.0. The smallest absolute Gasteiger partial charge is 0.322 e. The van der Waals surface area contributed by atoms with E-state index in [1.165, 1.54) is 6.33 Å². The topological polar surface area (TPSA) is 124 Å². The third-order valence-corrected chi connectivity index (χ3v) is 4.38. The summed E-state index contributed by atoms with van der Waals surface area (Å²) >= 11 is 0. The van der Waals surface area contributed by atoms with Crippen molar-refractivity contribution >= 4 is 16.0 Å². The zero-order valence-corrected chi connectivity index (χ0v) is 9.46. The molecule has 3 N–H and O–H groups in total. The first-order chi connectivity index (χ1) is 7.93. The summed E-state index contributed by atoms with van der Waals surface area (Å²) in [6, 6.07) is -1.24. The first kappa shape index (κ1) is 12.0. The van der Waals surface area contributed by atoms with Crippen molar-refractivity contribution in [2.24, 2.45) is 0 Å². The molecule has 1 aliphatic rings. The molecule has 0 aromatic carbocycles. The highest BCUT2D eigenvalue weighted by atomic mass is 32.2. The minimum atomic E-state index is -3.95. The number of carbonyl (C=O) groups is 1. The summed E-state index contributed by atoms with van der Waals surface area (Å²) in [7, 11) is -3.95. The monoisotopic (exact) mass is 261 g/mol. The van der Waals surface area contributed by atoms with Crippen LogP contribution in [0.15, 0.2) is 17.6 Å². The van der Waals surface area contributed by atoms with E-state index in [2.05, 4.69) is 9.97 Å². The van der Waals surface area contributed by atoms with E-state index in [0.29, 0.717) is 0 Å². The number of hydrogen-bond acceptors (Lipinski definition) is 5. The number of aliphatic carboxylic acids is 1. The van der Waals surface area contributed by atoms with Gasteiger partial charge in [-0.25, -0.2) is 13.4 Å². The number of H-pyrrole nitrogens is 1. The Bertz CT molecular complexity index is 511. The standard InChI is InChI=1S/C8H11N3O5S/c12-5-1-6(8(13)14)11(3-5)17(15,16)7-2-9-4-10-7/h2,4-6,12H,1,3H2,(H,9,10)(H,13,14)/t5-,6-/m0/s1. The van der Waals surface area contributed by atoms with Crippen LogP contribution in [-0.4, -0.2) is 57.6 Å². The van der Waals surface area contributed by atoms with Crippen molar-refractivity contribution in [3.05, 3.63) is 12.5 Å². The lowest BCUT2D eigenvalue weighted by Crippen LogP contribution is -2.40. The van der Waals surface area contributed by atoms with Crippen LogP contribution in [0.1, 0.15) is 6.42 Å². The molecule has 0 unspecified atom stereocenters. The lowest BCUT2D eigenvalue weighted by molar-refractivity contribution is -0.140. The Hall–Kier alpha value is -1.45. The van der Waals surface area contributed by atoms with Gasteiger partial charge in [-0.2, -0.15) is 4.31 Å². The summed E-state index contributed by atoms with van der Waals surface area (Å²) < 4.78 is 24.8. The van der Waals surface area contributed by atoms with Crippen LogP contribution in [0.2, 0.25) is 0 Å². The number of aliphatic hydroxyl groups excluding tert-OH is 1. The number of sulfonamides is 1. The Morgan fingerprint density at radius 2 is 2.29 bits per heavy atom. The van der Waals surface area contributed by atoms with Gasteiger partial charge in [-0.1, -0.05) is 0 Å². The molecular weight excluding hydrogens is 250 g/mol.